The first-order chi connectivity index (χ1) is 18.6. The number of hydrogen-bond donors (Lipinski definition) is 1. The van der Waals surface area contributed by atoms with Gasteiger partial charge in [-0.25, -0.2) is 0 Å². The van der Waals surface area contributed by atoms with E-state index >= 15 is 0 Å². The second-order valence-corrected chi connectivity index (χ2v) is 11.4. The van der Waals surface area contributed by atoms with Crippen molar-refractivity contribution >= 4 is 23.4 Å². The first kappa shape index (κ1) is 26.3. The fourth-order valence-electron chi connectivity index (χ4n) is 5.15. The Bertz CT molecular complexity index is 1310. The van der Waals surface area contributed by atoms with Crippen molar-refractivity contribution in [1.29, 1.82) is 0 Å². The highest BCUT2D eigenvalue weighted by atomic mass is 32.2. The molecule has 5 rings (SSSR count). The van der Waals surface area contributed by atoms with Crippen LogP contribution in [0.4, 0.5) is 5.69 Å². The Morgan fingerprint density at radius 2 is 1.47 bits per heavy atom. The molecule has 4 aromatic rings. The second kappa shape index (κ2) is 12.9. The molecule has 0 saturated carbocycles. The Balaban J connectivity index is 1.09. The van der Waals surface area contributed by atoms with Crippen molar-refractivity contribution in [2.45, 2.75) is 43.4 Å². The Hall–Kier alpha value is -3.34. The molecule has 0 aliphatic carbocycles. The third-order valence-corrected chi connectivity index (χ3v) is 8.47. The van der Waals surface area contributed by atoms with Crippen LogP contribution < -0.4 is 5.32 Å². The van der Waals surface area contributed by atoms with Crippen LogP contribution in [0.2, 0.25) is 0 Å². The molecule has 0 aromatic heterocycles. The van der Waals surface area contributed by atoms with E-state index in [1.54, 1.807) is 0 Å². The molecule has 0 bridgehead atoms. The highest BCUT2D eigenvalue weighted by Gasteiger charge is 2.19. The van der Waals surface area contributed by atoms with Crippen LogP contribution in [0.15, 0.2) is 108 Å². The van der Waals surface area contributed by atoms with Gasteiger partial charge in [0.2, 0.25) is 0 Å². The van der Waals surface area contributed by atoms with Gasteiger partial charge in [0.15, 0.2) is 0 Å². The van der Waals surface area contributed by atoms with Crippen molar-refractivity contribution in [1.82, 2.24) is 4.90 Å². The number of aryl methyl sites for hydroxylation is 1. The van der Waals surface area contributed by atoms with Crippen LogP contribution in [0, 0.1) is 12.8 Å². The second-order valence-electron chi connectivity index (χ2n) is 10.3. The first-order valence-electron chi connectivity index (χ1n) is 13.6. The quantitative estimate of drug-likeness (QED) is 0.227. The average molecular weight is 521 g/mol. The SMILES string of the molecule is Cc1cc(CSc2ccccc2)ccc1NC(=O)c1ccc(CN2CCC(Cc3ccccc3)CC2)cc1. The number of nitrogens with one attached hydrogen (secondary N) is 1. The van der Waals surface area contributed by atoms with Gasteiger partial charge in [-0.1, -0.05) is 72.8 Å². The molecule has 1 heterocycles. The Kier molecular flexibility index (Phi) is 8.95. The molecule has 1 N–H and O–H groups in total. The van der Waals surface area contributed by atoms with Gasteiger partial charge in [-0.05, 0) is 97.8 Å². The van der Waals surface area contributed by atoms with E-state index in [0.29, 0.717) is 5.56 Å². The molecule has 0 unspecified atom stereocenters. The van der Waals surface area contributed by atoms with E-state index in [-0.39, 0.29) is 5.91 Å². The molecular formula is C34H36N2OS. The minimum Gasteiger partial charge on any atom is -0.322 e. The van der Waals surface area contributed by atoms with E-state index in [1.165, 1.54) is 40.8 Å². The monoisotopic (exact) mass is 520 g/mol. The topological polar surface area (TPSA) is 32.3 Å². The van der Waals surface area contributed by atoms with E-state index < -0.39 is 0 Å². The van der Waals surface area contributed by atoms with Crippen molar-refractivity contribution in [3.05, 3.63) is 131 Å². The van der Waals surface area contributed by atoms with Crippen LogP contribution >= 0.6 is 11.8 Å². The molecule has 1 aliphatic heterocycles. The van der Waals surface area contributed by atoms with Gasteiger partial charge in [-0.2, -0.15) is 0 Å². The molecule has 4 aromatic carbocycles. The normalized spacial score (nSPS) is 14.3. The number of amides is 1. The fraction of sp³-hybridized carbons (Fsp3) is 0.265. The lowest BCUT2D eigenvalue weighted by Crippen LogP contribution is -2.33. The average Bonchev–Trinajstić information content (AvgIpc) is 2.96. The summed E-state index contributed by atoms with van der Waals surface area (Å²) < 4.78 is 0. The highest BCUT2D eigenvalue weighted by Crippen LogP contribution is 2.26. The van der Waals surface area contributed by atoms with Gasteiger partial charge in [0.25, 0.3) is 5.91 Å². The smallest absolute Gasteiger partial charge is 0.255 e. The molecule has 1 amide bonds. The summed E-state index contributed by atoms with van der Waals surface area (Å²) in [5.74, 6) is 1.62. The lowest BCUT2D eigenvalue weighted by Gasteiger charge is -2.32. The van der Waals surface area contributed by atoms with Crippen molar-refractivity contribution in [2.24, 2.45) is 5.92 Å². The number of anilines is 1. The highest BCUT2D eigenvalue weighted by molar-refractivity contribution is 7.98. The summed E-state index contributed by atoms with van der Waals surface area (Å²) in [6, 6.07) is 35.7. The van der Waals surface area contributed by atoms with Gasteiger partial charge in [-0.15, -0.1) is 11.8 Å². The van der Waals surface area contributed by atoms with E-state index in [9.17, 15) is 4.79 Å². The fourth-order valence-corrected chi connectivity index (χ4v) is 6.01. The molecule has 0 atom stereocenters. The van der Waals surface area contributed by atoms with Crippen LogP contribution in [0.1, 0.15) is 45.5 Å². The Morgan fingerprint density at radius 3 is 2.16 bits per heavy atom. The zero-order chi connectivity index (χ0) is 26.2. The molecule has 4 heteroatoms. The van der Waals surface area contributed by atoms with Crippen molar-refractivity contribution in [2.75, 3.05) is 18.4 Å². The van der Waals surface area contributed by atoms with Gasteiger partial charge >= 0.3 is 0 Å². The lowest BCUT2D eigenvalue weighted by molar-refractivity contribution is 0.102. The summed E-state index contributed by atoms with van der Waals surface area (Å²) in [4.78, 5) is 16.7. The molecular weight excluding hydrogens is 484 g/mol. The van der Waals surface area contributed by atoms with Gasteiger partial charge in [0, 0.05) is 28.4 Å². The van der Waals surface area contributed by atoms with Crippen molar-refractivity contribution < 1.29 is 4.79 Å². The maximum absolute atomic E-state index is 12.9. The van der Waals surface area contributed by atoms with E-state index in [2.05, 4.69) is 96.0 Å². The number of nitrogens with zero attached hydrogens (tertiary/aromatic N) is 1. The Morgan fingerprint density at radius 1 is 0.816 bits per heavy atom. The molecule has 194 valence electrons. The largest absolute Gasteiger partial charge is 0.322 e. The predicted molar refractivity (Wildman–Crippen MR) is 160 cm³/mol. The zero-order valence-corrected chi connectivity index (χ0v) is 22.9. The number of benzene rings is 4. The van der Waals surface area contributed by atoms with Gasteiger partial charge in [0.05, 0.1) is 0 Å². The third-order valence-electron chi connectivity index (χ3n) is 7.38. The van der Waals surface area contributed by atoms with Gasteiger partial charge in [-0.3, -0.25) is 9.69 Å². The molecule has 38 heavy (non-hydrogen) atoms. The molecule has 1 aliphatic rings. The van der Waals surface area contributed by atoms with E-state index in [4.69, 9.17) is 0 Å². The van der Waals surface area contributed by atoms with Crippen molar-refractivity contribution in [3.8, 4) is 0 Å². The summed E-state index contributed by atoms with van der Waals surface area (Å²) in [5.41, 5.74) is 6.61. The molecule has 1 fully saturated rings. The van der Waals surface area contributed by atoms with Crippen LogP contribution in [0.3, 0.4) is 0 Å². The third kappa shape index (κ3) is 7.37. The molecule has 0 spiro atoms. The Labute approximate surface area is 231 Å². The molecule has 3 nitrogen and oxygen atoms in total. The number of rotatable bonds is 9. The minimum absolute atomic E-state index is 0.0622. The molecule has 1 saturated heterocycles. The van der Waals surface area contributed by atoms with E-state index in [0.717, 1.165) is 42.6 Å². The summed E-state index contributed by atoms with van der Waals surface area (Å²) >= 11 is 1.82. The van der Waals surface area contributed by atoms with Crippen LogP contribution in [0.25, 0.3) is 0 Å². The lowest BCUT2D eigenvalue weighted by atomic mass is 9.90. The van der Waals surface area contributed by atoms with Gasteiger partial charge < -0.3 is 5.32 Å². The van der Waals surface area contributed by atoms with E-state index in [1.807, 2.05) is 36.0 Å². The number of carbonyl (C=O) groups is 1. The van der Waals surface area contributed by atoms with Crippen molar-refractivity contribution in [3.63, 3.8) is 0 Å². The number of piperidine rings is 1. The number of likely N-dealkylation sites (tertiary alicyclic amines) is 1. The number of thioether (sulfide) groups is 1. The number of carbonyl (C=O) groups excluding carboxylic acids is 1. The predicted octanol–water partition coefficient (Wildman–Crippen LogP) is 7.99. The summed E-state index contributed by atoms with van der Waals surface area (Å²) in [6.07, 6.45) is 3.68. The summed E-state index contributed by atoms with van der Waals surface area (Å²) in [5, 5.41) is 3.10. The number of hydrogen-bond acceptors (Lipinski definition) is 3. The molecule has 0 radical (unpaired) electrons. The summed E-state index contributed by atoms with van der Waals surface area (Å²) in [6.45, 7) is 5.28. The zero-order valence-electron chi connectivity index (χ0n) is 22.1. The minimum atomic E-state index is -0.0622. The van der Waals surface area contributed by atoms with Crippen LogP contribution in [-0.2, 0) is 18.7 Å². The van der Waals surface area contributed by atoms with Crippen LogP contribution in [-0.4, -0.2) is 23.9 Å². The maximum Gasteiger partial charge on any atom is 0.255 e. The first-order valence-corrected chi connectivity index (χ1v) is 14.5. The summed E-state index contributed by atoms with van der Waals surface area (Å²) in [7, 11) is 0. The van der Waals surface area contributed by atoms with Gasteiger partial charge in [0.1, 0.15) is 0 Å². The van der Waals surface area contributed by atoms with Crippen LogP contribution in [0.5, 0.6) is 0 Å². The maximum atomic E-state index is 12.9. The standard InChI is InChI=1S/C34H36N2OS/c1-26-22-30(25-38-32-10-6-3-7-11-32)14-17-33(26)35-34(37)31-15-12-29(13-16-31)24-36-20-18-28(19-21-36)23-27-8-4-2-5-9-27/h2-17,22,28H,18-21,23-25H2,1H3,(H,35,37).